The summed E-state index contributed by atoms with van der Waals surface area (Å²) in [5.74, 6) is -10.4. The van der Waals surface area contributed by atoms with Crippen molar-refractivity contribution in [3.05, 3.63) is 64.5 Å². The zero-order valence-corrected chi connectivity index (χ0v) is 10.8. The van der Waals surface area contributed by atoms with E-state index in [1.807, 2.05) is 0 Å². The van der Waals surface area contributed by atoms with Gasteiger partial charge in [0.05, 0.1) is 11.8 Å². The van der Waals surface area contributed by atoms with E-state index in [-0.39, 0.29) is 11.3 Å². The van der Waals surface area contributed by atoms with Gasteiger partial charge < -0.3 is 9.94 Å². The third kappa shape index (κ3) is 3.00. The van der Waals surface area contributed by atoms with Gasteiger partial charge in [0.1, 0.15) is 12.4 Å². The van der Waals surface area contributed by atoms with Gasteiger partial charge in [-0.15, -0.1) is 0 Å². The van der Waals surface area contributed by atoms with Crippen LogP contribution in [0.25, 0.3) is 0 Å². The van der Waals surface area contributed by atoms with Crippen LogP contribution in [0, 0.1) is 29.1 Å². The molecule has 22 heavy (non-hydrogen) atoms. The predicted octanol–water partition coefficient (Wildman–Crippen LogP) is 3.64. The number of phenols is 1. The fraction of sp³-hybridized carbons (Fsp3) is 0.0714. The van der Waals surface area contributed by atoms with Gasteiger partial charge in [0.25, 0.3) is 0 Å². The van der Waals surface area contributed by atoms with Gasteiger partial charge in [-0.2, -0.15) is 0 Å². The molecule has 0 bridgehead atoms. The van der Waals surface area contributed by atoms with Crippen molar-refractivity contribution in [2.24, 2.45) is 5.16 Å². The lowest BCUT2D eigenvalue weighted by Gasteiger charge is -2.06. The molecule has 0 atom stereocenters. The first-order valence-corrected chi connectivity index (χ1v) is 5.87. The second-order valence-electron chi connectivity index (χ2n) is 4.12. The van der Waals surface area contributed by atoms with Gasteiger partial charge in [0.2, 0.25) is 5.82 Å². The van der Waals surface area contributed by atoms with E-state index in [1.165, 1.54) is 12.1 Å². The average Bonchev–Trinajstić information content (AvgIpc) is 2.52. The number of hydrogen-bond acceptors (Lipinski definition) is 3. The smallest absolute Gasteiger partial charge is 0.200 e. The van der Waals surface area contributed by atoms with Gasteiger partial charge in [-0.05, 0) is 12.1 Å². The summed E-state index contributed by atoms with van der Waals surface area (Å²) < 4.78 is 65.4. The SMILES string of the molecule is Oc1ccccc1C=NOCc1c(F)c(F)c(F)c(F)c1F. The third-order valence-electron chi connectivity index (χ3n) is 2.71. The fourth-order valence-corrected chi connectivity index (χ4v) is 1.57. The van der Waals surface area contributed by atoms with Crippen molar-refractivity contribution >= 4 is 6.21 Å². The highest BCUT2D eigenvalue weighted by Crippen LogP contribution is 2.23. The number of halogens is 5. The van der Waals surface area contributed by atoms with E-state index in [0.717, 1.165) is 6.21 Å². The normalized spacial score (nSPS) is 11.1. The highest BCUT2D eigenvalue weighted by Gasteiger charge is 2.25. The van der Waals surface area contributed by atoms with Crippen molar-refractivity contribution < 1.29 is 31.9 Å². The molecule has 0 aliphatic rings. The van der Waals surface area contributed by atoms with Crippen LogP contribution in [0.4, 0.5) is 22.0 Å². The number of aromatic hydroxyl groups is 1. The summed E-state index contributed by atoms with van der Waals surface area (Å²) in [5.41, 5.74) is -0.884. The Hall–Kier alpha value is -2.64. The van der Waals surface area contributed by atoms with E-state index >= 15 is 0 Å². The highest BCUT2D eigenvalue weighted by atomic mass is 19.2. The lowest BCUT2D eigenvalue weighted by atomic mass is 10.2. The Morgan fingerprint density at radius 3 is 2.05 bits per heavy atom. The molecule has 1 N–H and O–H groups in total. The molecule has 0 heterocycles. The quantitative estimate of drug-likeness (QED) is 0.307. The first-order valence-electron chi connectivity index (χ1n) is 5.87. The lowest BCUT2D eigenvalue weighted by Crippen LogP contribution is -2.07. The van der Waals surface area contributed by atoms with Crippen molar-refractivity contribution in [3.63, 3.8) is 0 Å². The monoisotopic (exact) mass is 317 g/mol. The van der Waals surface area contributed by atoms with Crippen LogP contribution >= 0.6 is 0 Å². The molecule has 2 rings (SSSR count). The van der Waals surface area contributed by atoms with Crippen LogP contribution in [0.3, 0.4) is 0 Å². The molecule has 0 aliphatic heterocycles. The van der Waals surface area contributed by atoms with E-state index in [0.29, 0.717) is 0 Å². The number of rotatable bonds is 4. The summed E-state index contributed by atoms with van der Waals surface area (Å²) in [7, 11) is 0. The minimum Gasteiger partial charge on any atom is -0.507 e. The van der Waals surface area contributed by atoms with Crippen molar-refractivity contribution in [2.75, 3.05) is 0 Å². The molecule has 0 amide bonds. The molecule has 2 aromatic rings. The average molecular weight is 317 g/mol. The molecular weight excluding hydrogens is 309 g/mol. The van der Waals surface area contributed by atoms with Gasteiger partial charge in [-0.3, -0.25) is 0 Å². The van der Waals surface area contributed by atoms with E-state index in [4.69, 9.17) is 0 Å². The van der Waals surface area contributed by atoms with Crippen LogP contribution in [0.2, 0.25) is 0 Å². The first-order chi connectivity index (χ1) is 10.4. The number of para-hydroxylation sites is 1. The Morgan fingerprint density at radius 2 is 1.45 bits per heavy atom. The number of oxime groups is 1. The summed E-state index contributed by atoms with van der Waals surface area (Å²) >= 11 is 0. The first kappa shape index (κ1) is 15.7. The Bertz CT molecular complexity index is 704. The van der Waals surface area contributed by atoms with Crippen LogP contribution < -0.4 is 0 Å². The summed E-state index contributed by atoms with van der Waals surface area (Å²) in [6.07, 6.45) is 1.03. The maximum absolute atomic E-state index is 13.3. The largest absolute Gasteiger partial charge is 0.507 e. The lowest BCUT2D eigenvalue weighted by molar-refractivity contribution is 0.124. The number of nitrogens with zero attached hydrogens (tertiary/aromatic N) is 1. The van der Waals surface area contributed by atoms with Crippen LogP contribution in [-0.2, 0) is 11.4 Å². The summed E-state index contributed by atoms with van der Waals surface area (Å²) in [6.45, 7) is -0.962. The Kier molecular flexibility index (Phi) is 4.59. The molecule has 0 spiro atoms. The van der Waals surface area contributed by atoms with E-state index in [1.54, 1.807) is 12.1 Å². The molecule has 0 saturated heterocycles. The van der Waals surface area contributed by atoms with E-state index in [9.17, 15) is 27.1 Å². The molecule has 0 aliphatic carbocycles. The van der Waals surface area contributed by atoms with Crippen molar-refractivity contribution in [1.82, 2.24) is 0 Å². The zero-order chi connectivity index (χ0) is 16.3. The van der Waals surface area contributed by atoms with Gasteiger partial charge in [0.15, 0.2) is 23.3 Å². The summed E-state index contributed by atoms with van der Waals surface area (Å²) in [4.78, 5) is 4.51. The van der Waals surface area contributed by atoms with E-state index in [2.05, 4.69) is 9.99 Å². The minimum absolute atomic E-state index is 0.119. The Morgan fingerprint density at radius 1 is 0.909 bits per heavy atom. The Labute approximate surface area is 121 Å². The number of hydrogen-bond donors (Lipinski definition) is 1. The fourth-order valence-electron chi connectivity index (χ4n) is 1.57. The molecular formula is C14H8F5NO2. The van der Waals surface area contributed by atoms with Crippen molar-refractivity contribution in [3.8, 4) is 5.75 Å². The molecule has 116 valence electrons. The zero-order valence-electron chi connectivity index (χ0n) is 10.8. The predicted molar refractivity (Wildman–Crippen MR) is 66.7 cm³/mol. The van der Waals surface area contributed by atoms with Gasteiger partial charge >= 0.3 is 0 Å². The molecule has 0 fully saturated rings. The number of phenolic OH excluding ortho intramolecular Hbond substituents is 1. The Balaban J connectivity index is 2.15. The van der Waals surface area contributed by atoms with Crippen molar-refractivity contribution in [1.29, 1.82) is 0 Å². The summed E-state index contributed by atoms with van der Waals surface area (Å²) in [5, 5.41) is 12.7. The topological polar surface area (TPSA) is 41.8 Å². The van der Waals surface area contributed by atoms with E-state index < -0.39 is 41.3 Å². The van der Waals surface area contributed by atoms with Gasteiger partial charge in [-0.1, -0.05) is 17.3 Å². The molecule has 8 heteroatoms. The standard InChI is InChI=1S/C14H8F5NO2/c15-10-8(11(16)13(18)14(19)12(10)17)6-22-20-5-7-3-1-2-4-9(7)21/h1-5,21H,6H2. The van der Waals surface area contributed by atoms with Crippen molar-refractivity contribution in [2.45, 2.75) is 6.61 Å². The van der Waals surface area contributed by atoms with Crippen LogP contribution in [0.5, 0.6) is 5.75 Å². The summed E-state index contributed by atoms with van der Waals surface area (Å²) in [6, 6.07) is 5.99. The van der Waals surface area contributed by atoms with Gasteiger partial charge in [-0.25, -0.2) is 22.0 Å². The third-order valence-corrected chi connectivity index (χ3v) is 2.71. The molecule has 2 aromatic carbocycles. The molecule has 0 saturated carbocycles. The van der Waals surface area contributed by atoms with Crippen LogP contribution in [0.1, 0.15) is 11.1 Å². The highest BCUT2D eigenvalue weighted by molar-refractivity contribution is 5.82. The molecule has 0 unspecified atom stereocenters. The van der Waals surface area contributed by atoms with Crippen LogP contribution in [0.15, 0.2) is 29.4 Å². The minimum atomic E-state index is -2.24. The maximum Gasteiger partial charge on any atom is 0.200 e. The molecule has 0 aromatic heterocycles. The number of benzene rings is 2. The maximum atomic E-state index is 13.3. The molecule has 3 nitrogen and oxygen atoms in total. The second kappa shape index (κ2) is 6.42. The van der Waals surface area contributed by atoms with Crippen LogP contribution in [-0.4, -0.2) is 11.3 Å². The van der Waals surface area contributed by atoms with Gasteiger partial charge in [0, 0.05) is 5.56 Å². The second-order valence-corrected chi connectivity index (χ2v) is 4.12. The molecule has 0 radical (unpaired) electrons.